The van der Waals surface area contributed by atoms with Crippen LogP contribution in [0.3, 0.4) is 0 Å². The minimum absolute atomic E-state index is 0.0166. The lowest BCUT2D eigenvalue weighted by atomic mass is 10.1. The van der Waals surface area contributed by atoms with E-state index in [0.29, 0.717) is 11.9 Å². The first-order valence-corrected chi connectivity index (χ1v) is 9.11. The third-order valence-electron chi connectivity index (χ3n) is 4.40. The lowest BCUT2D eigenvalue weighted by Gasteiger charge is -2.13. The minimum atomic E-state index is -4.72. The van der Waals surface area contributed by atoms with Crippen LogP contribution < -0.4 is 10.6 Å². The summed E-state index contributed by atoms with van der Waals surface area (Å²) >= 11 is 0. The van der Waals surface area contributed by atoms with Crippen LogP contribution in [0, 0.1) is 0 Å². The van der Waals surface area contributed by atoms with Gasteiger partial charge in [0.05, 0.1) is 23.0 Å². The molecule has 2 N–H and O–H groups in total. The summed E-state index contributed by atoms with van der Waals surface area (Å²) in [7, 11) is 1.41. The zero-order valence-corrected chi connectivity index (χ0v) is 16.5. The third-order valence-corrected chi connectivity index (χ3v) is 4.40. The summed E-state index contributed by atoms with van der Waals surface area (Å²) in [4.78, 5) is 16.0. The Morgan fingerprint density at radius 3 is 2.24 bits per heavy atom. The van der Waals surface area contributed by atoms with Gasteiger partial charge in [-0.3, -0.25) is 0 Å². The number of hydrogen-bond acceptors (Lipinski definition) is 8. The molecule has 0 fully saturated rings. The number of rotatable bonds is 4. The van der Waals surface area contributed by atoms with Gasteiger partial charge < -0.3 is 10.6 Å². The first kappa shape index (κ1) is 22.1. The number of nitrogens with one attached hydrogen (secondary N) is 2. The van der Waals surface area contributed by atoms with Crippen LogP contribution >= 0.6 is 0 Å². The number of fused-ring (bicyclic) bond motifs is 1. The molecule has 0 atom stereocenters. The Morgan fingerprint density at radius 2 is 1.61 bits per heavy atom. The monoisotopic (exact) mass is 466 g/mol. The second-order valence-corrected chi connectivity index (χ2v) is 6.58. The summed E-state index contributed by atoms with van der Waals surface area (Å²) in [5.41, 5.74) is -2.27. The van der Waals surface area contributed by atoms with Gasteiger partial charge in [-0.15, -0.1) is 10.2 Å². The standard InChI is InChI=1S/C19H12F6N8/c1-26-14-6-10(19(23,24)25)15(33-32-14)12-8-29-16-11(4-5-27-17(16)31-12)30-13-3-2-9(7-28-13)18(20,21)22/h2-8H,1H3,(H,26,32)(H,27,28,30,31). The van der Waals surface area contributed by atoms with E-state index in [1.165, 1.54) is 19.3 Å². The van der Waals surface area contributed by atoms with Crippen molar-refractivity contribution >= 4 is 28.5 Å². The highest BCUT2D eigenvalue weighted by molar-refractivity contribution is 5.87. The van der Waals surface area contributed by atoms with Crippen molar-refractivity contribution in [3.05, 3.63) is 54.0 Å². The molecule has 0 saturated carbocycles. The molecule has 4 rings (SSSR count). The van der Waals surface area contributed by atoms with E-state index >= 15 is 0 Å². The highest BCUT2D eigenvalue weighted by Gasteiger charge is 2.36. The summed E-state index contributed by atoms with van der Waals surface area (Å²) in [5.74, 6) is 0.0164. The van der Waals surface area contributed by atoms with Gasteiger partial charge in [0.15, 0.2) is 5.65 Å². The van der Waals surface area contributed by atoms with Crippen molar-refractivity contribution < 1.29 is 26.3 Å². The highest BCUT2D eigenvalue weighted by Crippen LogP contribution is 2.36. The van der Waals surface area contributed by atoms with E-state index in [2.05, 4.69) is 40.8 Å². The van der Waals surface area contributed by atoms with E-state index in [1.54, 1.807) is 0 Å². The maximum Gasteiger partial charge on any atom is 0.418 e. The van der Waals surface area contributed by atoms with Crippen LogP contribution in [0.5, 0.6) is 0 Å². The molecule has 4 aromatic rings. The summed E-state index contributed by atoms with van der Waals surface area (Å²) in [6.45, 7) is 0. The topological polar surface area (TPSA) is 101 Å². The molecule has 4 aromatic heterocycles. The fourth-order valence-corrected chi connectivity index (χ4v) is 2.83. The zero-order valence-electron chi connectivity index (χ0n) is 16.5. The molecule has 0 saturated heterocycles. The number of nitrogens with zero attached hydrogens (tertiary/aromatic N) is 6. The minimum Gasteiger partial charge on any atom is -0.372 e. The van der Waals surface area contributed by atoms with Gasteiger partial charge in [-0.05, 0) is 24.3 Å². The summed E-state index contributed by atoms with van der Waals surface area (Å²) in [6, 6.07) is 4.26. The molecule has 0 aliphatic rings. The predicted molar refractivity (Wildman–Crippen MR) is 105 cm³/mol. The number of halogens is 6. The second-order valence-electron chi connectivity index (χ2n) is 6.58. The van der Waals surface area contributed by atoms with Gasteiger partial charge in [-0.2, -0.15) is 26.3 Å². The molecule has 33 heavy (non-hydrogen) atoms. The molecule has 170 valence electrons. The van der Waals surface area contributed by atoms with E-state index < -0.39 is 29.2 Å². The molecule has 0 aliphatic carbocycles. The van der Waals surface area contributed by atoms with Crippen LogP contribution in [0.1, 0.15) is 11.1 Å². The lowest BCUT2D eigenvalue weighted by Crippen LogP contribution is -2.12. The number of aromatic nitrogens is 6. The largest absolute Gasteiger partial charge is 0.418 e. The summed E-state index contributed by atoms with van der Waals surface area (Å²) in [6.07, 6.45) is -6.19. The van der Waals surface area contributed by atoms with E-state index in [0.717, 1.165) is 24.4 Å². The van der Waals surface area contributed by atoms with Crippen molar-refractivity contribution in [3.63, 3.8) is 0 Å². The number of pyridine rings is 2. The van der Waals surface area contributed by atoms with Crippen LogP contribution in [0.2, 0.25) is 0 Å². The smallest absolute Gasteiger partial charge is 0.372 e. The average Bonchev–Trinajstić information content (AvgIpc) is 2.77. The molecule has 0 aromatic carbocycles. The van der Waals surface area contributed by atoms with E-state index in [-0.39, 0.29) is 28.5 Å². The van der Waals surface area contributed by atoms with Gasteiger partial charge in [-0.1, -0.05) is 0 Å². The number of hydrogen-bond donors (Lipinski definition) is 2. The van der Waals surface area contributed by atoms with Crippen LogP contribution in [0.15, 0.2) is 42.9 Å². The van der Waals surface area contributed by atoms with Crippen LogP contribution in [-0.4, -0.2) is 37.2 Å². The number of anilines is 3. The Kier molecular flexibility index (Phi) is 5.43. The molecule has 14 heteroatoms. The molecule has 4 heterocycles. The van der Waals surface area contributed by atoms with Crippen LogP contribution in [0.4, 0.5) is 43.7 Å². The van der Waals surface area contributed by atoms with E-state index in [1.807, 2.05) is 0 Å². The van der Waals surface area contributed by atoms with E-state index in [4.69, 9.17) is 0 Å². The first-order valence-electron chi connectivity index (χ1n) is 9.11. The van der Waals surface area contributed by atoms with Crippen molar-refractivity contribution in [1.82, 2.24) is 30.1 Å². The molecule has 0 unspecified atom stereocenters. The normalized spacial score (nSPS) is 12.1. The molecular weight excluding hydrogens is 454 g/mol. The summed E-state index contributed by atoms with van der Waals surface area (Å²) in [5, 5.41) is 12.6. The predicted octanol–water partition coefficient (Wildman–Crippen LogP) is 4.70. The molecule has 0 radical (unpaired) electrons. The Balaban J connectivity index is 1.71. The molecule has 8 nitrogen and oxygen atoms in total. The fourth-order valence-electron chi connectivity index (χ4n) is 2.83. The van der Waals surface area contributed by atoms with Crippen molar-refractivity contribution in [2.45, 2.75) is 12.4 Å². The maximum absolute atomic E-state index is 13.5. The van der Waals surface area contributed by atoms with Gasteiger partial charge >= 0.3 is 12.4 Å². The van der Waals surface area contributed by atoms with Crippen molar-refractivity contribution in [1.29, 1.82) is 0 Å². The third kappa shape index (κ3) is 4.58. The van der Waals surface area contributed by atoms with Gasteiger partial charge in [-0.25, -0.2) is 19.9 Å². The van der Waals surface area contributed by atoms with Crippen molar-refractivity contribution in [3.8, 4) is 11.4 Å². The molecule has 0 amide bonds. The Hall–Kier alpha value is -4.10. The molecule has 0 bridgehead atoms. The second kappa shape index (κ2) is 8.11. The van der Waals surface area contributed by atoms with Gasteiger partial charge in [0, 0.05) is 19.4 Å². The SMILES string of the molecule is CNc1cc(C(F)(F)F)c(-c2cnc3c(Nc4ccc(C(F)(F)F)cn4)ccnc3n2)nn1. The van der Waals surface area contributed by atoms with Gasteiger partial charge in [0.1, 0.15) is 28.5 Å². The van der Waals surface area contributed by atoms with Crippen LogP contribution in [0.25, 0.3) is 22.6 Å². The fraction of sp³-hybridized carbons (Fsp3) is 0.158. The van der Waals surface area contributed by atoms with Crippen LogP contribution in [-0.2, 0) is 12.4 Å². The molecule has 0 aliphatic heterocycles. The Morgan fingerprint density at radius 1 is 0.818 bits per heavy atom. The zero-order chi connectivity index (χ0) is 23.8. The highest BCUT2D eigenvalue weighted by atomic mass is 19.4. The lowest BCUT2D eigenvalue weighted by molar-refractivity contribution is -0.138. The molecule has 0 spiro atoms. The molecular formula is C19H12F6N8. The number of alkyl halides is 6. The first-order chi connectivity index (χ1) is 15.6. The van der Waals surface area contributed by atoms with Gasteiger partial charge in [0.25, 0.3) is 0 Å². The van der Waals surface area contributed by atoms with E-state index in [9.17, 15) is 26.3 Å². The maximum atomic E-state index is 13.5. The Bertz CT molecular complexity index is 1300. The quantitative estimate of drug-likeness (QED) is 0.418. The van der Waals surface area contributed by atoms with Crippen molar-refractivity contribution in [2.24, 2.45) is 0 Å². The van der Waals surface area contributed by atoms with Crippen molar-refractivity contribution in [2.75, 3.05) is 17.7 Å². The van der Waals surface area contributed by atoms with Gasteiger partial charge in [0.2, 0.25) is 0 Å². The average molecular weight is 466 g/mol. The summed E-state index contributed by atoms with van der Waals surface area (Å²) < 4.78 is 78.7. The Labute approximate surface area is 181 Å².